The number of rotatable bonds is 9. The molecule has 0 heterocycles. The highest BCUT2D eigenvalue weighted by Gasteiger charge is 2.41. The first-order chi connectivity index (χ1) is 40.7. The van der Waals surface area contributed by atoms with Crippen molar-refractivity contribution < 1.29 is 19.1 Å². The van der Waals surface area contributed by atoms with E-state index in [0.717, 1.165) is 58.5 Å². The third-order valence-electron chi connectivity index (χ3n) is 17.6. The molecule has 7 aromatic carbocycles. The second kappa shape index (κ2) is 36.6. The normalized spacial score (nSPS) is 20.9. The van der Waals surface area contributed by atoms with Gasteiger partial charge in [0, 0.05) is 0 Å². The molecule has 0 aliphatic heterocycles. The van der Waals surface area contributed by atoms with Crippen LogP contribution in [-0.2, 0) is 9.47 Å². The Morgan fingerprint density at radius 1 is 0.294 bits per heavy atom. The van der Waals surface area contributed by atoms with Crippen LogP contribution in [0.4, 0.5) is 0 Å². The van der Waals surface area contributed by atoms with Crippen molar-refractivity contribution in [3.8, 4) is 0 Å². The topological polar surface area (TPSA) is 52.6 Å². The van der Waals surface area contributed by atoms with E-state index in [1.165, 1.54) is 120 Å². The van der Waals surface area contributed by atoms with E-state index >= 15 is 0 Å². The number of carbonyl (C=O) groups is 2. The molecular weight excluding hydrogens is 1050 g/mol. The molecule has 85 heavy (non-hydrogen) atoms. The van der Waals surface area contributed by atoms with Crippen LogP contribution < -0.4 is 20.7 Å². The van der Waals surface area contributed by atoms with Gasteiger partial charge in [-0.2, -0.15) is 0 Å². The summed E-state index contributed by atoms with van der Waals surface area (Å²) in [4.78, 5) is 23.5. The largest absolute Gasteiger partial charge is 0.458 e. The van der Waals surface area contributed by atoms with Gasteiger partial charge in [0.15, 0.2) is 8.07 Å². The molecule has 456 valence electrons. The third kappa shape index (κ3) is 24.5. The first-order valence-electron chi connectivity index (χ1n) is 32.5. The van der Waals surface area contributed by atoms with Gasteiger partial charge in [-0.05, 0) is 160 Å². The summed E-state index contributed by atoms with van der Waals surface area (Å²) in [6.45, 7) is 31.2. The lowest BCUT2D eigenvalue weighted by atomic mass is 9.78. The zero-order chi connectivity index (χ0) is 61.7. The van der Waals surface area contributed by atoms with E-state index in [0.29, 0.717) is 11.1 Å². The number of hydrogen-bond donors (Lipinski definition) is 0. The molecule has 5 heteroatoms. The molecule has 0 radical (unpaired) electrons. The molecule has 0 amide bonds. The lowest BCUT2D eigenvalue weighted by Crippen LogP contribution is -2.74. The summed E-state index contributed by atoms with van der Waals surface area (Å²) >= 11 is 0. The average molecular weight is 1160 g/mol. The van der Waals surface area contributed by atoms with Gasteiger partial charge >= 0.3 is 11.9 Å². The molecular formula is C80H108O4Si. The Bertz CT molecular complexity index is 2700. The summed E-state index contributed by atoms with van der Waals surface area (Å²) in [6.07, 6.45) is 17.7. The van der Waals surface area contributed by atoms with Gasteiger partial charge in [0.1, 0.15) is 13.2 Å². The second-order valence-electron chi connectivity index (χ2n) is 26.5. The van der Waals surface area contributed by atoms with Gasteiger partial charge in [-0.1, -0.05) is 298 Å². The molecule has 0 spiro atoms. The van der Waals surface area contributed by atoms with E-state index in [-0.39, 0.29) is 13.2 Å². The number of ether oxygens (including phenoxy) is 2. The Balaban J connectivity index is 0.000000200. The number of aryl methyl sites for hydroxylation is 6. The minimum absolute atomic E-state index is 0.0321. The Labute approximate surface area is 518 Å². The summed E-state index contributed by atoms with van der Waals surface area (Å²) in [5.41, 5.74) is 8.36. The Kier molecular flexibility index (Phi) is 29.9. The molecule has 11 rings (SSSR count). The van der Waals surface area contributed by atoms with Gasteiger partial charge in [-0.25, -0.2) is 9.59 Å². The Morgan fingerprint density at radius 2 is 0.506 bits per heavy atom. The Hall–Kier alpha value is -6.30. The summed E-state index contributed by atoms with van der Waals surface area (Å²) in [5.74, 6) is 7.37. The maximum Gasteiger partial charge on any atom is 0.338 e. The van der Waals surface area contributed by atoms with Gasteiger partial charge in [-0.3, -0.25) is 0 Å². The van der Waals surface area contributed by atoms with Crippen LogP contribution in [0.15, 0.2) is 182 Å². The van der Waals surface area contributed by atoms with Gasteiger partial charge in [0.2, 0.25) is 0 Å². The minimum Gasteiger partial charge on any atom is -0.458 e. The fraction of sp³-hybridized carbons (Fsp3) is 0.450. The first kappa shape index (κ1) is 69.5. The summed E-state index contributed by atoms with van der Waals surface area (Å²) < 4.78 is 10.1. The molecule has 4 fully saturated rings. The maximum absolute atomic E-state index is 11.7. The molecule has 4 nitrogen and oxygen atoms in total. The highest BCUT2D eigenvalue weighted by atomic mass is 28.3. The highest BCUT2D eigenvalue weighted by Crippen LogP contribution is 2.32. The van der Waals surface area contributed by atoms with E-state index in [4.69, 9.17) is 9.47 Å². The molecule has 0 saturated heterocycles. The predicted octanol–water partition coefficient (Wildman–Crippen LogP) is 19.1. The first-order valence-corrected chi connectivity index (χ1v) is 34.5. The quantitative estimate of drug-likeness (QED) is 0.0626. The van der Waals surface area contributed by atoms with Gasteiger partial charge < -0.3 is 9.47 Å². The molecule has 4 unspecified atom stereocenters. The highest BCUT2D eigenvalue weighted by molar-refractivity contribution is 7.19. The van der Waals surface area contributed by atoms with Crippen molar-refractivity contribution in [2.24, 2.45) is 47.3 Å². The van der Waals surface area contributed by atoms with Crippen molar-refractivity contribution in [2.45, 2.75) is 174 Å². The van der Waals surface area contributed by atoms with Crippen molar-refractivity contribution in [1.29, 1.82) is 0 Å². The molecule has 0 aromatic heterocycles. The lowest BCUT2D eigenvalue weighted by Gasteiger charge is -2.34. The SMILES string of the molecule is CC1CC(C)C1.CC1CCC(C)C1.CC1CCC(C)C1.CC1CCC(C)CC1.Cc1ccc(C(=O)OCCOC(=O)c2ccc(C)cc2)cc1.Cc1ccc(C)cc1.Cc1ccc([Si](c2ccccc2)(c2ccccc2)c2ccc(C)cc2)cc1. The number of esters is 2. The van der Waals surface area contributed by atoms with Crippen LogP contribution in [0.25, 0.3) is 0 Å². The van der Waals surface area contributed by atoms with Crippen LogP contribution in [0, 0.1) is 88.9 Å². The second-order valence-corrected chi connectivity index (χ2v) is 30.3. The molecule has 7 aromatic rings. The van der Waals surface area contributed by atoms with E-state index in [2.05, 4.69) is 217 Å². The fourth-order valence-corrected chi connectivity index (χ4v) is 16.9. The lowest BCUT2D eigenvalue weighted by molar-refractivity contribution is 0.0265. The van der Waals surface area contributed by atoms with E-state index in [1.54, 1.807) is 24.3 Å². The van der Waals surface area contributed by atoms with Crippen LogP contribution >= 0.6 is 0 Å². The average Bonchev–Trinajstić information content (AvgIpc) is 1.84. The van der Waals surface area contributed by atoms with Crippen LogP contribution in [0.5, 0.6) is 0 Å². The molecule has 4 saturated carbocycles. The molecule has 4 aliphatic carbocycles. The van der Waals surface area contributed by atoms with Crippen LogP contribution in [0.2, 0.25) is 0 Å². The zero-order valence-electron chi connectivity index (χ0n) is 55.0. The van der Waals surface area contributed by atoms with Crippen molar-refractivity contribution in [3.05, 3.63) is 226 Å². The monoisotopic (exact) mass is 1160 g/mol. The van der Waals surface area contributed by atoms with E-state index in [1.807, 2.05) is 38.1 Å². The molecule has 0 N–H and O–H groups in total. The van der Waals surface area contributed by atoms with Gasteiger partial charge in [0.25, 0.3) is 0 Å². The van der Waals surface area contributed by atoms with Crippen molar-refractivity contribution in [2.75, 3.05) is 13.2 Å². The number of carbonyl (C=O) groups excluding carboxylic acids is 2. The van der Waals surface area contributed by atoms with Crippen molar-refractivity contribution in [1.82, 2.24) is 0 Å². The van der Waals surface area contributed by atoms with Crippen LogP contribution in [0.3, 0.4) is 0 Å². The third-order valence-corrected chi connectivity index (χ3v) is 22.4. The smallest absolute Gasteiger partial charge is 0.338 e. The van der Waals surface area contributed by atoms with Gasteiger partial charge in [0.05, 0.1) is 11.1 Å². The van der Waals surface area contributed by atoms with Crippen molar-refractivity contribution >= 4 is 40.8 Å². The fourth-order valence-electron chi connectivity index (χ4n) is 12.1. The number of benzene rings is 7. The zero-order valence-corrected chi connectivity index (χ0v) is 56.0. The Morgan fingerprint density at radius 3 is 0.729 bits per heavy atom. The standard InChI is InChI=1S/C26H24Si.C18H18O4.C8H16.C8H10.2C7H14.C6H12/c1-21-13-17-25(18-14-21)27(23-9-5-3-6-10-23,24-11-7-4-8-12-24)26-19-15-22(2)16-20-26;1-13-3-7-15(8-4-13)17(19)21-11-12-22-18(20)16-9-5-14(2)6-10-16;2*1-7-3-5-8(2)6-4-7;2*1-6-3-4-7(2)5-6;1-5-3-6(2)4-5/h3-20H,1-2H3;3-10H,11-12H2,1-2H3;7-8H,3-6H2,1-2H3;3-6H,1-2H3;2*6-7H,3-5H2,1-2H3;5-6H,3-4H2,1-2H3. The van der Waals surface area contributed by atoms with E-state index < -0.39 is 20.0 Å². The van der Waals surface area contributed by atoms with Crippen molar-refractivity contribution in [3.63, 3.8) is 0 Å². The minimum atomic E-state index is -2.35. The van der Waals surface area contributed by atoms with E-state index in [9.17, 15) is 9.59 Å². The van der Waals surface area contributed by atoms with Crippen LogP contribution in [0.1, 0.15) is 187 Å². The summed E-state index contributed by atoms with van der Waals surface area (Å²) in [7, 11) is -2.35. The van der Waals surface area contributed by atoms with Gasteiger partial charge in [-0.15, -0.1) is 0 Å². The predicted molar refractivity (Wildman–Crippen MR) is 367 cm³/mol. The molecule has 4 atom stereocenters. The summed E-state index contributed by atoms with van der Waals surface area (Å²) in [5, 5.41) is 5.69. The van der Waals surface area contributed by atoms with Crippen LogP contribution in [-0.4, -0.2) is 33.2 Å². The number of hydrogen-bond acceptors (Lipinski definition) is 4. The summed E-state index contributed by atoms with van der Waals surface area (Å²) in [6, 6.07) is 63.1. The molecule has 4 aliphatic rings. The molecule has 0 bridgehead atoms. The maximum atomic E-state index is 11.7.